The minimum Gasteiger partial charge on any atom is -0.497 e. The number of nitrogens with one attached hydrogen (secondary N) is 1. The van der Waals surface area contributed by atoms with E-state index < -0.39 is 0 Å². The van der Waals surface area contributed by atoms with E-state index in [9.17, 15) is 9.59 Å². The number of halogens is 1. The second-order valence-corrected chi connectivity index (χ2v) is 10.1. The third kappa shape index (κ3) is 5.26. The van der Waals surface area contributed by atoms with Crippen molar-refractivity contribution in [1.82, 2.24) is 10.4 Å². The number of benzene rings is 3. The van der Waals surface area contributed by atoms with Gasteiger partial charge < -0.3 is 19.1 Å². The molecule has 0 spiro atoms. The van der Waals surface area contributed by atoms with E-state index >= 15 is 0 Å². The number of aryl methyl sites for hydroxylation is 1. The third-order valence-corrected chi connectivity index (χ3v) is 7.59. The number of methoxy groups -OCH3 is 2. The van der Waals surface area contributed by atoms with Crippen molar-refractivity contribution in [3.05, 3.63) is 75.8 Å². The molecule has 2 heterocycles. The molecular weight excluding hydrogens is 532 g/mol. The third-order valence-electron chi connectivity index (χ3n) is 7.26. The Kier molecular flexibility index (Phi) is 8.04. The highest BCUT2D eigenvalue weighted by Gasteiger charge is 2.32. The van der Waals surface area contributed by atoms with E-state index in [1.165, 1.54) is 0 Å². The summed E-state index contributed by atoms with van der Waals surface area (Å²) in [6.45, 7) is 3.19. The van der Waals surface area contributed by atoms with E-state index in [0.29, 0.717) is 61.0 Å². The molecule has 10 heteroatoms. The summed E-state index contributed by atoms with van der Waals surface area (Å²) in [4.78, 5) is 27.2. The number of hydrogen-bond donors (Lipinski definition) is 1. The summed E-state index contributed by atoms with van der Waals surface area (Å²) in [5.74, 6) is 0.957. The second kappa shape index (κ2) is 11.7. The zero-order chi connectivity index (χ0) is 28.4. The lowest BCUT2D eigenvalue weighted by Gasteiger charge is -2.32. The highest BCUT2D eigenvalue weighted by Crippen LogP contribution is 2.46. The van der Waals surface area contributed by atoms with Crippen LogP contribution in [0.4, 0.5) is 17.1 Å². The van der Waals surface area contributed by atoms with E-state index in [4.69, 9.17) is 25.8 Å². The fraction of sp³-hybridized carbons (Fsp3) is 0.333. The number of nitrogens with zero attached hydrogens (tertiary/aromatic N) is 3. The molecule has 1 N–H and O–H groups in total. The minimum atomic E-state index is -0.222. The van der Waals surface area contributed by atoms with Crippen LogP contribution in [0.15, 0.2) is 48.5 Å². The topological polar surface area (TPSA) is 83.6 Å². The quantitative estimate of drug-likeness (QED) is 0.380. The minimum absolute atomic E-state index is 0.125. The van der Waals surface area contributed by atoms with Gasteiger partial charge in [-0.15, -0.1) is 5.53 Å². The number of anilines is 3. The molecule has 0 saturated heterocycles. The lowest BCUT2D eigenvalue weighted by atomic mass is 9.96. The molecule has 0 aliphatic carbocycles. The SMILES string of the molecule is CCOC(=O)CCc1cc(OC)c2c(c1)N(c1cccc3c1CCN(C(=O)c1cc(OC)ccc1Cl)C3)NN2C. The zero-order valence-corrected chi connectivity index (χ0v) is 23.9. The summed E-state index contributed by atoms with van der Waals surface area (Å²) in [6, 6.07) is 15.3. The Morgan fingerprint density at radius 3 is 2.62 bits per heavy atom. The molecule has 0 aromatic heterocycles. The molecule has 0 fully saturated rings. The molecule has 0 radical (unpaired) electrons. The smallest absolute Gasteiger partial charge is 0.306 e. The van der Waals surface area contributed by atoms with E-state index in [2.05, 4.69) is 23.7 Å². The summed E-state index contributed by atoms with van der Waals surface area (Å²) in [5.41, 5.74) is 9.90. The van der Waals surface area contributed by atoms with Crippen LogP contribution in [0.5, 0.6) is 11.5 Å². The van der Waals surface area contributed by atoms with E-state index in [0.717, 1.165) is 33.8 Å². The van der Waals surface area contributed by atoms with Gasteiger partial charge in [0.15, 0.2) is 0 Å². The molecule has 0 bridgehead atoms. The predicted molar refractivity (Wildman–Crippen MR) is 155 cm³/mol. The van der Waals surface area contributed by atoms with Crippen LogP contribution in [0, 0.1) is 0 Å². The molecule has 0 atom stereocenters. The van der Waals surface area contributed by atoms with Gasteiger partial charge in [-0.3, -0.25) is 19.6 Å². The van der Waals surface area contributed by atoms with Crippen molar-refractivity contribution in [2.75, 3.05) is 44.4 Å². The molecular formula is C30H33ClN4O5. The maximum Gasteiger partial charge on any atom is 0.306 e. The molecule has 3 aromatic carbocycles. The molecule has 210 valence electrons. The van der Waals surface area contributed by atoms with Crippen LogP contribution in [-0.2, 0) is 28.9 Å². The maximum absolute atomic E-state index is 13.4. The first-order valence-electron chi connectivity index (χ1n) is 13.2. The number of carbonyl (C=O) groups excluding carboxylic acids is 2. The Morgan fingerprint density at radius 2 is 1.88 bits per heavy atom. The monoisotopic (exact) mass is 564 g/mol. The zero-order valence-electron chi connectivity index (χ0n) is 23.1. The van der Waals surface area contributed by atoms with Gasteiger partial charge in [-0.05, 0) is 72.9 Å². The molecule has 2 aliphatic heterocycles. The number of carbonyl (C=O) groups is 2. The highest BCUT2D eigenvalue weighted by atomic mass is 35.5. The maximum atomic E-state index is 13.4. The molecule has 0 saturated carbocycles. The van der Waals surface area contributed by atoms with Gasteiger partial charge in [0.2, 0.25) is 0 Å². The Hall–Kier alpha value is -3.95. The Labute approximate surface area is 239 Å². The largest absolute Gasteiger partial charge is 0.497 e. The van der Waals surface area contributed by atoms with E-state index in [-0.39, 0.29) is 11.9 Å². The van der Waals surface area contributed by atoms with Gasteiger partial charge in [0.1, 0.15) is 17.2 Å². The van der Waals surface area contributed by atoms with Crippen LogP contribution in [0.2, 0.25) is 5.02 Å². The van der Waals surface area contributed by atoms with Crippen LogP contribution in [0.1, 0.15) is 40.4 Å². The lowest BCUT2D eigenvalue weighted by molar-refractivity contribution is -0.143. The summed E-state index contributed by atoms with van der Waals surface area (Å²) in [5, 5.41) is 4.37. The Morgan fingerprint density at radius 1 is 1.05 bits per heavy atom. The van der Waals surface area contributed by atoms with Crippen molar-refractivity contribution in [1.29, 1.82) is 0 Å². The lowest BCUT2D eigenvalue weighted by Crippen LogP contribution is -2.41. The fourth-order valence-corrected chi connectivity index (χ4v) is 5.51. The normalized spacial score (nSPS) is 14.1. The van der Waals surface area contributed by atoms with Crippen molar-refractivity contribution < 1.29 is 23.8 Å². The number of ether oxygens (including phenoxy) is 3. The van der Waals surface area contributed by atoms with Gasteiger partial charge in [-0.2, -0.15) is 0 Å². The molecule has 0 unspecified atom stereocenters. The van der Waals surface area contributed by atoms with Crippen LogP contribution >= 0.6 is 11.6 Å². The molecule has 40 heavy (non-hydrogen) atoms. The average molecular weight is 565 g/mol. The average Bonchev–Trinajstić information content (AvgIpc) is 3.31. The van der Waals surface area contributed by atoms with Crippen LogP contribution < -0.4 is 25.0 Å². The first-order valence-corrected chi connectivity index (χ1v) is 13.6. The van der Waals surface area contributed by atoms with Crippen LogP contribution in [-0.4, -0.2) is 51.2 Å². The van der Waals surface area contributed by atoms with Gasteiger partial charge in [0.25, 0.3) is 5.91 Å². The van der Waals surface area contributed by atoms with Crippen LogP contribution in [0.3, 0.4) is 0 Å². The fourth-order valence-electron chi connectivity index (χ4n) is 5.31. The van der Waals surface area contributed by atoms with Gasteiger partial charge >= 0.3 is 5.97 Å². The first-order chi connectivity index (χ1) is 19.3. The predicted octanol–water partition coefficient (Wildman–Crippen LogP) is 5.06. The molecule has 2 aliphatic rings. The Bertz CT molecular complexity index is 1450. The summed E-state index contributed by atoms with van der Waals surface area (Å²) < 4.78 is 16.1. The first kappa shape index (κ1) is 27.6. The standard InChI is InChI=1S/C30H33ClN4O5/c1-5-40-28(36)12-9-19-15-26-29(27(16-19)39-4)33(2)32-35(26)25-8-6-7-20-18-34(14-13-22(20)25)30(37)23-17-21(38-3)10-11-24(23)31/h6-8,10-11,15-17,32H,5,9,12-14,18H2,1-4H3. The van der Waals surface area contributed by atoms with Crippen LogP contribution in [0.25, 0.3) is 0 Å². The molecule has 3 aromatic rings. The van der Waals surface area contributed by atoms with Crippen molar-refractivity contribution >= 4 is 40.5 Å². The number of fused-ring (bicyclic) bond motifs is 2. The Balaban J connectivity index is 1.44. The molecule has 9 nitrogen and oxygen atoms in total. The van der Waals surface area contributed by atoms with Crippen molar-refractivity contribution in [2.45, 2.75) is 32.7 Å². The van der Waals surface area contributed by atoms with E-state index in [1.54, 1.807) is 39.3 Å². The number of esters is 1. The van der Waals surface area contributed by atoms with Gasteiger partial charge in [-0.1, -0.05) is 23.7 Å². The molecule has 5 rings (SSSR count). The van der Waals surface area contributed by atoms with Gasteiger partial charge in [-0.25, -0.2) is 0 Å². The highest BCUT2D eigenvalue weighted by molar-refractivity contribution is 6.33. The number of rotatable bonds is 8. The van der Waals surface area contributed by atoms with Gasteiger partial charge in [0, 0.05) is 26.6 Å². The summed E-state index contributed by atoms with van der Waals surface area (Å²) in [6.07, 6.45) is 1.51. The van der Waals surface area contributed by atoms with Gasteiger partial charge in [0.05, 0.1) is 42.8 Å². The van der Waals surface area contributed by atoms with Crippen molar-refractivity contribution in [3.63, 3.8) is 0 Å². The van der Waals surface area contributed by atoms with Crippen molar-refractivity contribution in [2.24, 2.45) is 0 Å². The summed E-state index contributed by atoms with van der Waals surface area (Å²) >= 11 is 6.37. The summed E-state index contributed by atoms with van der Waals surface area (Å²) in [7, 11) is 5.15. The number of hydrazine groups is 2. The number of amides is 1. The second-order valence-electron chi connectivity index (χ2n) is 9.70. The molecule has 1 amide bonds. The van der Waals surface area contributed by atoms with E-state index in [1.807, 2.05) is 34.1 Å². The number of hydrogen-bond acceptors (Lipinski definition) is 8. The van der Waals surface area contributed by atoms with Crippen molar-refractivity contribution in [3.8, 4) is 11.5 Å².